The first-order valence-corrected chi connectivity index (χ1v) is 3.48. The monoisotopic (exact) mass is 251 g/mol. The molecule has 0 aromatic carbocycles. The summed E-state index contributed by atoms with van der Waals surface area (Å²) in [7, 11) is 0. The third kappa shape index (κ3) is 4.98. The Morgan fingerprint density at radius 2 is 0.923 bits per heavy atom. The van der Waals surface area contributed by atoms with Crippen molar-refractivity contribution in [3.63, 3.8) is 0 Å². The third-order valence-electron chi connectivity index (χ3n) is 1.51. The van der Waals surface area contributed by atoms with Crippen molar-refractivity contribution in [1.82, 2.24) is 0 Å². The van der Waals surface area contributed by atoms with E-state index in [4.69, 9.17) is 30.6 Å². The standard InChI is InChI=1S/C6H14O6.Ga/c7-1-3(9)5(11)6(12)4(10)2-8;/h3-12H,1-2H2;/q;+3/t3-,4-,5-,6-;/m1./s1. The van der Waals surface area contributed by atoms with Gasteiger partial charge in [0, 0.05) is 0 Å². The van der Waals surface area contributed by atoms with Gasteiger partial charge in [0.05, 0.1) is 13.2 Å². The van der Waals surface area contributed by atoms with Gasteiger partial charge in [0.1, 0.15) is 24.4 Å². The van der Waals surface area contributed by atoms with Crippen molar-refractivity contribution >= 4 is 19.8 Å². The molecule has 7 heteroatoms. The Morgan fingerprint density at radius 1 is 0.692 bits per heavy atom. The quantitative estimate of drug-likeness (QED) is 0.277. The molecule has 0 aromatic rings. The van der Waals surface area contributed by atoms with Crippen LogP contribution in [0.1, 0.15) is 0 Å². The van der Waals surface area contributed by atoms with Gasteiger partial charge in [0.25, 0.3) is 0 Å². The SMILES string of the molecule is OC[C@@H](O)[C@@H](O)[C@H](O)[C@H](O)CO.[Ga+3]. The van der Waals surface area contributed by atoms with Gasteiger partial charge in [-0.05, 0) is 0 Å². The molecule has 0 aromatic heterocycles. The minimum Gasteiger partial charge on any atom is -0.394 e. The molecule has 0 amide bonds. The number of rotatable bonds is 5. The van der Waals surface area contributed by atoms with Crippen LogP contribution in [0, 0.1) is 0 Å². The fraction of sp³-hybridized carbons (Fsp3) is 1.00. The second kappa shape index (κ2) is 7.77. The fourth-order valence-electron chi connectivity index (χ4n) is 0.671. The predicted molar refractivity (Wildman–Crippen MR) is 44.0 cm³/mol. The van der Waals surface area contributed by atoms with Gasteiger partial charge in [0.15, 0.2) is 0 Å². The van der Waals surface area contributed by atoms with Gasteiger partial charge in [-0.1, -0.05) is 0 Å². The summed E-state index contributed by atoms with van der Waals surface area (Å²) >= 11 is 0. The first-order chi connectivity index (χ1) is 5.54. The molecule has 0 saturated heterocycles. The summed E-state index contributed by atoms with van der Waals surface area (Å²) in [6.45, 7) is -1.45. The van der Waals surface area contributed by atoms with Crippen LogP contribution in [-0.4, -0.2) is 88.1 Å². The largest absolute Gasteiger partial charge is 3.00 e. The third-order valence-corrected chi connectivity index (χ3v) is 1.51. The minimum atomic E-state index is -1.67. The summed E-state index contributed by atoms with van der Waals surface area (Å²) in [5.41, 5.74) is 0. The van der Waals surface area contributed by atoms with E-state index in [0.717, 1.165) is 0 Å². The van der Waals surface area contributed by atoms with E-state index in [1.165, 1.54) is 0 Å². The first-order valence-electron chi connectivity index (χ1n) is 3.48. The van der Waals surface area contributed by atoms with E-state index >= 15 is 0 Å². The minimum absolute atomic E-state index is 0. The van der Waals surface area contributed by atoms with Crippen molar-refractivity contribution in [2.45, 2.75) is 24.4 Å². The average Bonchev–Trinajstić information content (AvgIpc) is 2.12. The summed E-state index contributed by atoms with van der Waals surface area (Å²) in [6.07, 6.45) is -6.39. The second-order valence-electron chi connectivity index (χ2n) is 2.48. The van der Waals surface area contributed by atoms with E-state index in [1.807, 2.05) is 0 Å². The predicted octanol–water partition coefficient (Wildman–Crippen LogP) is -3.97. The topological polar surface area (TPSA) is 121 Å². The molecule has 6 N–H and O–H groups in total. The summed E-state index contributed by atoms with van der Waals surface area (Å²) in [4.78, 5) is 0. The smallest absolute Gasteiger partial charge is 0.394 e. The van der Waals surface area contributed by atoms with Crippen LogP contribution in [0.5, 0.6) is 0 Å². The molecule has 0 radical (unpaired) electrons. The molecule has 0 spiro atoms. The zero-order valence-corrected chi connectivity index (χ0v) is 9.41. The van der Waals surface area contributed by atoms with Crippen molar-refractivity contribution in [3.8, 4) is 0 Å². The Morgan fingerprint density at radius 3 is 1.08 bits per heavy atom. The van der Waals surface area contributed by atoms with E-state index in [9.17, 15) is 0 Å². The van der Waals surface area contributed by atoms with E-state index in [0.29, 0.717) is 0 Å². The van der Waals surface area contributed by atoms with E-state index < -0.39 is 37.6 Å². The Hall–Kier alpha value is 0.396. The summed E-state index contributed by atoms with van der Waals surface area (Å²) in [6, 6.07) is 0. The van der Waals surface area contributed by atoms with Crippen LogP contribution in [0.3, 0.4) is 0 Å². The fourth-order valence-corrected chi connectivity index (χ4v) is 0.671. The molecule has 0 heterocycles. The maximum absolute atomic E-state index is 8.96. The number of aliphatic hydroxyl groups excluding tert-OH is 6. The molecule has 13 heavy (non-hydrogen) atoms. The summed E-state index contributed by atoms with van der Waals surface area (Å²) in [5.74, 6) is 0. The second-order valence-corrected chi connectivity index (χ2v) is 2.48. The van der Waals surface area contributed by atoms with Crippen molar-refractivity contribution in [2.75, 3.05) is 13.2 Å². The molecule has 0 aliphatic rings. The number of aliphatic hydroxyl groups is 6. The van der Waals surface area contributed by atoms with Crippen molar-refractivity contribution < 1.29 is 30.6 Å². The van der Waals surface area contributed by atoms with Crippen LogP contribution in [0.25, 0.3) is 0 Å². The number of hydrogen-bond acceptors (Lipinski definition) is 6. The Kier molecular flexibility index (Phi) is 9.47. The molecular weight excluding hydrogens is 238 g/mol. The molecule has 4 atom stereocenters. The first kappa shape index (κ1) is 15.9. The molecule has 74 valence electrons. The van der Waals surface area contributed by atoms with Crippen LogP contribution < -0.4 is 0 Å². The molecule has 0 aliphatic heterocycles. The number of hydrogen-bond donors (Lipinski definition) is 6. The Bertz CT molecular complexity index is 110. The Balaban J connectivity index is 0. The zero-order valence-electron chi connectivity index (χ0n) is 6.98. The van der Waals surface area contributed by atoms with Gasteiger partial charge in [0.2, 0.25) is 0 Å². The zero-order chi connectivity index (χ0) is 9.72. The van der Waals surface area contributed by atoms with Gasteiger partial charge in [-0.2, -0.15) is 0 Å². The Labute approximate surface area is 88.5 Å². The van der Waals surface area contributed by atoms with Crippen molar-refractivity contribution in [2.24, 2.45) is 0 Å². The maximum Gasteiger partial charge on any atom is 3.00 e. The van der Waals surface area contributed by atoms with Crippen LogP contribution in [-0.2, 0) is 0 Å². The van der Waals surface area contributed by atoms with Crippen molar-refractivity contribution in [3.05, 3.63) is 0 Å². The van der Waals surface area contributed by atoms with Crippen LogP contribution in [0.4, 0.5) is 0 Å². The van der Waals surface area contributed by atoms with Crippen LogP contribution >= 0.6 is 0 Å². The van der Waals surface area contributed by atoms with Gasteiger partial charge >= 0.3 is 19.8 Å². The molecule has 0 bridgehead atoms. The molecule has 0 rings (SSSR count). The van der Waals surface area contributed by atoms with Crippen LogP contribution in [0.2, 0.25) is 0 Å². The maximum atomic E-state index is 8.96. The van der Waals surface area contributed by atoms with Gasteiger partial charge < -0.3 is 30.6 Å². The van der Waals surface area contributed by atoms with Gasteiger partial charge in [-0.25, -0.2) is 0 Å². The molecule has 0 unspecified atom stereocenters. The molecule has 0 saturated carbocycles. The summed E-state index contributed by atoms with van der Waals surface area (Å²) in [5, 5.41) is 52.2. The van der Waals surface area contributed by atoms with E-state index in [2.05, 4.69) is 0 Å². The summed E-state index contributed by atoms with van der Waals surface area (Å²) < 4.78 is 0. The van der Waals surface area contributed by atoms with Crippen LogP contribution in [0.15, 0.2) is 0 Å². The molecule has 0 aliphatic carbocycles. The van der Waals surface area contributed by atoms with Crippen molar-refractivity contribution in [1.29, 1.82) is 0 Å². The van der Waals surface area contributed by atoms with Gasteiger partial charge in [-0.3, -0.25) is 0 Å². The van der Waals surface area contributed by atoms with E-state index in [1.54, 1.807) is 0 Å². The molecule has 0 fully saturated rings. The average molecular weight is 252 g/mol. The van der Waals surface area contributed by atoms with Gasteiger partial charge in [-0.15, -0.1) is 0 Å². The molecular formula is C6H14GaO6+3. The normalized spacial score (nSPS) is 19.8. The molecule has 6 nitrogen and oxygen atoms in total. The van der Waals surface area contributed by atoms with E-state index in [-0.39, 0.29) is 19.8 Å².